The van der Waals surface area contributed by atoms with Gasteiger partial charge in [-0.2, -0.15) is 13.2 Å². The van der Waals surface area contributed by atoms with Gasteiger partial charge in [0.15, 0.2) is 0 Å². The Labute approximate surface area is 113 Å². The predicted molar refractivity (Wildman–Crippen MR) is 65.3 cm³/mol. The summed E-state index contributed by atoms with van der Waals surface area (Å²) in [6, 6.07) is 5.88. The van der Waals surface area contributed by atoms with Crippen LogP contribution in [0.3, 0.4) is 0 Å². The van der Waals surface area contributed by atoms with Gasteiger partial charge in [-0.25, -0.2) is 4.79 Å². The molecule has 1 amide bonds. The molecular weight excluding hydrogens is 277 g/mol. The summed E-state index contributed by atoms with van der Waals surface area (Å²) in [5.41, 5.74) is 0.528. The predicted octanol–water partition coefficient (Wildman–Crippen LogP) is 1.56. The second kappa shape index (κ2) is 6.90. The van der Waals surface area contributed by atoms with E-state index in [0.29, 0.717) is 5.69 Å². The van der Waals surface area contributed by atoms with Crippen molar-refractivity contribution in [3.05, 3.63) is 29.8 Å². The van der Waals surface area contributed by atoms with E-state index in [4.69, 9.17) is 0 Å². The third-order valence-corrected chi connectivity index (χ3v) is 2.18. The standard InChI is InChI=1S/C12H13F3N2O3/c1-20-11(19)8-3-2-4-9(5-8)17-10(18)6-16-7-12(13,14)15/h2-5,16H,6-7H2,1H3,(H,17,18). The highest BCUT2D eigenvalue weighted by Gasteiger charge is 2.26. The number of carbonyl (C=O) groups is 2. The largest absolute Gasteiger partial charge is 0.465 e. The Balaban J connectivity index is 2.52. The lowest BCUT2D eigenvalue weighted by Crippen LogP contribution is -2.35. The monoisotopic (exact) mass is 290 g/mol. The van der Waals surface area contributed by atoms with Gasteiger partial charge < -0.3 is 15.4 Å². The minimum atomic E-state index is -4.37. The molecule has 1 aromatic carbocycles. The summed E-state index contributed by atoms with van der Waals surface area (Å²) in [5, 5.41) is 4.34. The number of amides is 1. The Morgan fingerprint density at radius 2 is 2.00 bits per heavy atom. The van der Waals surface area contributed by atoms with Crippen LogP contribution in [0.4, 0.5) is 18.9 Å². The maximum Gasteiger partial charge on any atom is 0.401 e. The van der Waals surface area contributed by atoms with Gasteiger partial charge in [0.05, 0.1) is 25.8 Å². The van der Waals surface area contributed by atoms with Gasteiger partial charge in [-0.15, -0.1) is 0 Å². The molecule has 0 atom stereocenters. The number of benzene rings is 1. The molecule has 0 heterocycles. The van der Waals surface area contributed by atoms with E-state index in [1.54, 1.807) is 0 Å². The molecule has 0 aliphatic heterocycles. The molecule has 0 aliphatic rings. The molecule has 0 spiro atoms. The van der Waals surface area contributed by atoms with Gasteiger partial charge >= 0.3 is 12.1 Å². The molecule has 0 aliphatic carbocycles. The molecule has 1 aromatic rings. The Hall–Kier alpha value is -2.09. The van der Waals surface area contributed by atoms with Crippen molar-refractivity contribution in [2.45, 2.75) is 6.18 Å². The molecule has 0 radical (unpaired) electrons. The van der Waals surface area contributed by atoms with Crippen molar-refractivity contribution in [3.8, 4) is 0 Å². The van der Waals surface area contributed by atoms with Gasteiger partial charge in [0.25, 0.3) is 0 Å². The first-order valence-corrected chi connectivity index (χ1v) is 5.57. The SMILES string of the molecule is COC(=O)c1cccc(NC(=O)CNCC(F)(F)F)c1. The van der Waals surface area contributed by atoms with Crippen molar-refractivity contribution in [2.75, 3.05) is 25.5 Å². The summed E-state index contributed by atoms with van der Waals surface area (Å²) < 4.78 is 40.1. The highest BCUT2D eigenvalue weighted by atomic mass is 19.4. The van der Waals surface area contributed by atoms with Crippen LogP contribution in [0.1, 0.15) is 10.4 Å². The maximum atomic E-state index is 11.9. The second-order valence-electron chi connectivity index (χ2n) is 3.84. The van der Waals surface area contributed by atoms with Crippen molar-refractivity contribution >= 4 is 17.6 Å². The number of methoxy groups -OCH3 is 1. The average molecular weight is 290 g/mol. The van der Waals surface area contributed by atoms with Crippen molar-refractivity contribution in [1.29, 1.82) is 0 Å². The van der Waals surface area contributed by atoms with E-state index >= 15 is 0 Å². The maximum absolute atomic E-state index is 11.9. The Kier molecular flexibility index (Phi) is 5.51. The van der Waals surface area contributed by atoms with Gasteiger partial charge in [0, 0.05) is 5.69 Å². The minimum Gasteiger partial charge on any atom is -0.465 e. The van der Waals surface area contributed by atoms with E-state index in [2.05, 4.69) is 10.1 Å². The van der Waals surface area contributed by atoms with Gasteiger partial charge in [-0.3, -0.25) is 4.79 Å². The van der Waals surface area contributed by atoms with Crippen LogP contribution >= 0.6 is 0 Å². The van der Waals surface area contributed by atoms with Gasteiger partial charge in [0.2, 0.25) is 5.91 Å². The lowest BCUT2D eigenvalue weighted by Gasteiger charge is -2.09. The summed E-state index contributed by atoms with van der Waals surface area (Å²) in [4.78, 5) is 22.7. The van der Waals surface area contributed by atoms with Crippen LogP contribution in [0.25, 0.3) is 0 Å². The number of hydrogen-bond acceptors (Lipinski definition) is 4. The number of ether oxygens (including phenoxy) is 1. The molecule has 20 heavy (non-hydrogen) atoms. The number of rotatable bonds is 5. The molecular formula is C12H13F3N2O3. The Morgan fingerprint density at radius 1 is 1.30 bits per heavy atom. The van der Waals surface area contributed by atoms with Crippen LogP contribution in [0.15, 0.2) is 24.3 Å². The van der Waals surface area contributed by atoms with Crippen molar-refractivity contribution in [2.24, 2.45) is 0 Å². The van der Waals surface area contributed by atoms with Crippen LogP contribution in [-0.4, -0.2) is 38.3 Å². The zero-order valence-corrected chi connectivity index (χ0v) is 10.6. The molecule has 1 rings (SSSR count). The number of carbonyl (C=O) groups excluding carboxylic acids is 2. The molecule has 0 aromatic heterocycles. The Morgan fingerprint density at radius 3 is 2.60 bits per heavy atom. The number of nitrogens with one attached hydrogen (secondary N) is 2. The van der Waals surface area contributed by atoms with Crippen molar-refractivity contribution in [1.82, 2.24) is 5.32 Å². The molecule has 0 fully saturated rings. The van der Waals surface area contributed by atoms with Gasteiger partial charge in [0.1, 0.15) is 0 Å². The molecule has 8 heteroatoms. The van der Waals surface area contributed by atoms with Gasteiger partial charge in [-0.05, 0) is 18.2 Å². The highest BCUT2D eigenvalue weighted by Crippen LogP contribution is 2.13. The summed E-state index contributed by atoms with van der Waals surface area (Å²) in [7, 11) is 1.22. The first kappa shape index (κ1) is 16.0. The van der Waals surface area contributed by atoms with Crippen LogP contribution in [-0.2, 0) is 9.53 Å². The molecule has 0 bridgehead atoms. The number of esters is 1. The first-order chi connectivity index (χ1) is 9.31. The first-order valence-electron chi connectivity index (χ1n) is 5.57. The van der Waals surface area contributed by atoms with E-state index in [9.17, 15) is 22.8 Å². The van der Waals surface area contributed by atoms with Crippen LogP contribution < -0.4 is 10.6 Å². The third kappa shape index (κ3) is 5.70. The summed E-state index contributed by atoms with van der Waals surface area (Å²) in [6.07, 6.45) is -4.37. The zero-order valence-electron chi connectivity index (χ0n) is 10.6. The summed E-state index contributed by atoms with van der Waals surface area (Å²) >= 11 is 0. The average Bonchev–Trinajstić information content (AvgIpc) is 2.36. The number of alkyl halides is 3. The zero-order chi connectivity index (χ0) is 15.2. The third-order valence-electron chi connectivity index (χ3n) is 2.18. The summed E-state index contributed by atoms with van der Waals surface area (Å²) in [6.45, 7) is -1.73. The van der Waals surface area contributed by atoms with E-state index in [-0.39, 0.29) is 5.56 Å². The van der Waals surface area contributed by atoms with Crippen molar-refractivity contribution < 1.29 is 27.5 Å². The van der Waals surface area contributed by atoms with E-state index in [0.717, 1.165) is 0 Å². The molecule has 2 N–H and O–H groups in total. The van der Waals surface area contributed by atoms with E-state index in [1.165, 1.54) is 31.4 Å². The fraction of sp³-hybridized carbons (Fsp3) is 0.333. The van der Waals surface area contributed by atoms with Crippen LogP contribution in [0, 0.1) is 0 Å². The van der Waals surface area contributed by atoms with Crippen LogP contribution in [0.2, 0.25) is 0 Å². The molecule has 110 valence electrons. The summed E-state index contributed by atoms with van der Waals surface area (Å²) in [5.74, 6) is -1.22. The normalized spacial score (nSPS) is 11.0. The van der Waals surface area contributed by atoms with E-state index < -0.39 is 31.1 Å². The quantitative estimate of drug-likeness (QED) is 0.808. The van der Waals surface area contributed by atoms with E-state index in [1.807, 2.05) is 5.32 Å². The van der Waals surface area contributed by atoms with Gasteiger partial charge in [-0.1, -0.05) is 6.07 Å². The second-order valence-corrected chi connectivity index (χ2v) is 3.84. The molecule has 0 saturated heterocycles. The molecule has 0 saturated carbocycles. The lowest BCUT2D eigenvalue weighted by molar-refractivity contribution is -0.126. The Bertz CT molecular complexity index is 489. The topological polar surface area (TPSA) is 67.4 Å². The van der Waals surface area contributed by atoms with Crippen molar-refractivity contribution in [3.63, 3.8) is 0 Å². The lowest BCUT2D eigenvalue weighted by atomic mass is 10.2. The highest BCUT2D eigenvalue weighted by molar-refractivity contribution is 5.95. The fourth-order valence-electron chi connectivity index (χ4n) is 1.36. The number of anilines is 1. The van der Waals surface area contributed by atoms with Crippen LogP contribution in [0.5, 0.6) is 0 Å². The number of hydrogen-bond donors (Lipinski definition) is 2. The smallest absolute Gasteiger partial charge is 0.401 e. The fourth-order valence-corrected chi connectivity index (χ4v) is 1.36. The number of halogens is 3. The molecule has 0 unspecified atom stereocenters. The minimum absolute atomic E-state index is 0.230. The molecule has 5 nitrogen and oxygen atoms in total.